The lowest BCUT2D eigenvalue weighted by Gasteiger charge is -2.10. The van der Waals surface area contributed by atoms with Crippen molar-refractivity contribution in [2.75, 3.05) is 6.54 Å². The number of benzene rings is 1. The molecule has 0 unspecified atom stereocenters. The van der Waals surface area contributed by atoms with E-state index in [-0.39, 0.29) is 17.0 Å². The van der Waals surface area contributed by atoms with Gasteiger partial charge in [0.05, 0.1) is 4.90 Å². The van der Waals surface area contributed by atoms with E-state index in [1.165, 1.54) is 6.92 Å². The van der Waals surface area contributed by atoms with Crippen LogP contribution in [0.15, 0.2) is 28.7 Å². The first kappa shape index (κ1) is 16.2. The predicted octanol–water partition coefficient (Wildman–Crippen LogP) is 1.64. The topological polar surface area (TPSA) is 104 Å². The number of aromatic carboxylic acids is 1. The maximum atomic E-state index is 12.1. The summed E-state index contributed by atoms with van der Waals surface area (Å²) in [4.78, 5) is 10.8. The van der Waals surface area contributed by atoms with Gasteiger partial charge in [0.2, 0.25) is 10.0 Å². The smallest absolute Gasteiger partial charge is 0.339 e. The quantitative estimate of drug-likeness (QED) is 0.717. The number of hydrogen-bond acceptors (Lipinski definition) is 4. The Kier molecular flexibility index (Phi) is 4.91. The van der Waals surface area contributed by atoms with E-state index in [1.807, 2.05) is 13.8 Å². The van der Waals surface area contributed by atoms with Gasteiger partial charge in [-0.25, -0.2) is 17.9 Å². The highest BCUT2D eigenvalue weighted by Crippen LogP contribution is 2.25. The number of allylic oxidation sites excluding steroid dienone is 1. The number of carbonyl (C=O) groups is 1. The molecule has 3 N–H and O–H groups in total. The summed E-state index contributed by atoms with van der Waals surface area (Å²) in [6, 6.07) is 2.08. The third-order valence-electron chi connectivity index (χ3n) is 2.60. The number of aryl methyl sites for hydroxylation is 1. The van der Waals surface area contributed by atoms with Crippen molar-refractivity contribution in [2.24, 2.45) is 0 Å². The second kappa shape index (κ2) is 6.06. The largest absolute Gasteiger partial charge is 0.507 e. The van der Waals surface area contributed by atoms with E-state index in [0.717, 1.165) is 17.7 Å². The van der Waals surface area contributed by atoms with Crippen molar-refractivity contribution < 1.29 is 23.4 Å². The average Bonchev–Trinajstić information content (AvgIpc) is 2.26. The van der Waals surface area contributed by atoms with Crippen LogP contribution in [-0.2, 0) is 10.0 Å². The zero-order valence-corrected chi connectivity index (χ0v) is 12.3. The van der Waals surface area contributed by atoms with Gasteiger partial charge in [-0.3, -0.25) is 0 Å². The van der Waals surface area contributed by atoms with Gasteiger partial charge in [0, 0.05) is 6.54 Å². The van der Waals surface area contributed by atoms with Crippen LogP contribution >= 0.6 is 0 Å². The molecule has 0 saturated carbocycles. The third kappa shape index (κ3) is 3.82. The molecule has 6 nitrogen and oxygen atoms in total. The van der Waals surface area contributed by atoms with Gasteiger partial charge in [0.15, 0.2) is 0 Å². The highest BCUT2D eigenvalue weighted by atomic mass is 32.2. The molecule has 110 valence electrons. The zero-order chi connectivity index (χ0) is 15.5. The van der Waals surface area contributed by atoms with Gasteiger partial charge in [-0.15, -0.1) is 0 Å². The van der Waals surface area contributed by atoms with Crippen LogP contribution in [0.1, 0.15) is 29.8 Å². The van der Waals surface area contributed by atoms with Gasteiger partial charge >= 0.3 is 5.97 Å². The molecule has 0 bridgehead atoms. The maximum Gasteiger partial charge on any atom is 0.339 e. The second-order valence-electron chi connectivity index (χ2n) is 4.57. The average molecular weight is 299 g/mol. The molecule has 0 aromatic heterocycles. The molecule has 0 aliphatic rings. The minimum atomic E-state index is -3.83. The Balaban J connectivity index is 3.21. The molecule has 7 heteroatoms. The van der Waals surface area contributed by atoms with E-state index in [4.69, 9.17) is 5.11 Å². The van der Waals surface area contributed by atoms with Crippen molar-refractivity contribution in [3.05, 3.63) is 34.9 Å². The van der Waals surface area contributed by atoms with Crippen molar-refractivity contribution in [1.82, 2.24) is 4.72 Å². The highest BCUT2D eigenvalue weighted by Gasteiger charge is 2.21. The molecule has 0 amide bonds. The number of sulfonamides is 1. The maximum absolute atomic E-state index is 12.1. The van der Waals surface area contributed by atoms with Crippen molar-refractivity contribution >= 4 is 16.0 Å². The zero-order valence-electron chi connectivity index (χ0n) is 11.5. The normalized spacial score (nSPS) is 11.2. The van der Waals surface area contributed by atoms with Gasteiger partial charge in [-0.05, 0) is 38.5 Å². The number of carboxylic acids is 1. The molecule has 1 aromatic rings. The van der Waals surface area contributed by atoms with E-state index in [2.05, 4.69) is 4.72 Å². The van der Waals surface area contributed by atoms with Crippen molar-refractivity contribution in [3.63, 3.8) is 0 Å². The minimum absolute atomic E-state index is 0.118. The number of hydrogen-bond donors (Lipinski definition) is 3. The summed E-state index contributed by atoms with van der Waals surface area (Å²) in [6.07, 6.45) is 1.70. The molecular formula is C13H17NO5S. The Labute approximate surface area is 117 Å². The Morgan fingerprint density at radius 2 is 1.95 bits per heavy atom. The van der Waals surface area contributed by atoms with Gasteiger partial charge in [0.25, 0.3) is 0 Å². The summed E-state index contributed by atoms with van der Waals surface area (Å²) in [5.41, 5.74) is 0.789. The lowest BCUT2D eigenvalue weighted by molar-refractivity contribution is 0.0693. The Hall–Kier alpha value is -1.86. The Morgan fingerprint density at radius 3 is 2.45 bits per heavy atom. The lowest BCUT2D eigenvalue weighted by atomic mass is 10.1. The van der Waals surface area contributed by atoms with Crippen LogP contribution in [0.2, 0.25) is 0 Å². The van der Waals surface area contributed by atoms with Crippen LogP contribution in [0.4, 0.5) is 0 Å². The Bertz CT molecular complexity index is 658. The van der Waals surface area contributed by atoms with E-state index in [0.29, 0.717) is 0 Å². The van der Waals surface area contributed by atoms with Crippen LogP contribution < -0.4 is 4.72 Å². The van der Waals surface area contributed by atoms with Gasteiger partial charge < -0.3 is 10.2 Å². The first-order valence-corrected chi connectivity index (χ1v) is 7.33. The van der Waals surface area contributed by atoms with Crippen molar-refractivity contribution in [1.29, 1.82) is 0 Å². The third-order valence-corrected chi connectivity index (χ3v) is 4.16. The van der Waals surface area contributed by atoms with Crippen LogP contribution in [-0.4, -0.2) is 31.1 Å². The SMILES string of the molecule is CC(C)=CCNS(=O)(=O)c1cc(C(=O)O)c(O)cc1C. The van der Waals surface area contributed by atoms with Crippen LogP contribution in [0.5, 0.6) is 5.75 Å². The van der Waals surface area contributed by atoms with E-state index in [9.17, 15) is 18.3 Å². The van der Waals surface area contributed by atoms with Gasteiger partial charge in [-0.2, -0.15) is 0 Å². The number of phenols is 1. The standard InChI is InChI=1S/C13H17NO5S/c1-8(2)4-5-14-20(18,19)12-7-10(13(16)17)11(15)6-9(12)3/h4,6-7,14-15H,5H2,1-3H3,(H,16,17). The first-order chi connectivity index (χ1) is 9.15. The van der Waals surface area contributed by atoms with Crippen molar-refractivity contribution in [3.8, 4) is 5.75 Å². The van der Waals surface area contributed by atoms with Gasteiger partial charge in [0.1, 0.15) is 11.3 Å². The monoisotopic (exact) mass is 299 g/mol. The molecule has 0 spiro atoms. The predicted molar refractivity (Wildman–Crippen MR) is 74.4 cm³/mol. The van der Waals surface area contributed by atoms with E-state index in [1.54, 1.807) is 6.08 Å². The molecule has 0 aliphatic carbocycles. The first-order valence-electron chi connectivity index (χ1n) is 5.85. The number of aromatic hydroxyl groups is 1. The molecule has 0 aliphatic heterocycles. The minimum Gasteiger partial charge on any atom is -0.507 e. The molecule has 0 radical (unpaired) electrons. The molecule has 0 heterocycles. The van der Waals surface area contributed by atoms with Gasteiger partial charge in [-0.1, -0.05) is 11.6 Å². The van der Waals surface area contributed by atoms with Crippen LogP contribution in [0.3, 0.4) is 0 Å². The molecule has 0 fully saturated rings. The fourth-order valence-corrected chi connectivity index (χ4v) is 2.78. The molecule has 0 atom stereocenters. The fourth-order valence-electron chi connectivity index (χ4n) is 1.57. The molecule has 20 heavy (non-hydrogen) atoms. The fraction of sp³-hybridized carbons (Fsp3) is 0.308. The summed E-state index contributed by atoms with van der Waals surface area (Å²) in [5, 5.41) is 18.4. The van der Waals surface area contributed by atoms with Crippen molar-refractivity contribution in [2.45, 2.75) is 25.7 Å². The van der Waals surface area contributed by atoms with Crippen LogP contribution in [0.25, 0.3) is 0 Å². The summed E-state index contributed by atoms with van der Waals surface area (Å²) in [5.74, 6) is -1.85. The molecule has 1 rings (SSSR count). The van der Waals surface area contributed by atoms with E-state index >= 15 is 0 Å². The highest BCUT2D eigenvalue weighted by molar-refractivity contribution is 7.89. The molecular weight excluding hydrogens is 282 g/mol. The summed E-state index contributed by atoms with van der Waals surface area (Å²) in [6.45, 7) is 5.28. The number of nitrogens with one attached hydrogen (secondary N) is 1. The lowest BCUT2D eigenvalue weighted by Crippen LogP contribution is -2.25. The summed E-state index contributed by atoms with van der Waals surface area (Å²) >= 11 is 0. The summed E-state index contributed by atoms with van der Waals surface area (Å²) in [7, 11) is -3.83. The molecule has 1 aromatic carbocycles. The van der Waals surface area contributed by atoms with Crippen LogP contribution in [0, 0.1) is 6.92 Å². The summed E-state index contributed by atoms with van der Waals surface area (Å²) < 4.78 is 26.6. The second-order valence-corrected chi connectivity index (χ2v) is 6.31. The number of carboxylic acid groups (broad SMARTS) is 1. The van der Waals surface area contributed by atoms with E-state index < -0.39 is 27.3 Å². The molecule has 0 saturated heterocycles. The Morgan fingerprint density at radius 1 is 1.35 bits per heavy atom. The number of rotatable bonds is 5.